The van der Waals surface area contributed by atoms with Crippen molar-refractivity contribution in [1.29, 1.82) is 0 Å². The molecule has 7 aromatic rings. The highest BCUT2D eigenvalue weighted by Gasteiger charge is 2.14. The molecular formula is C38H26O. The fourth-order valence-corrected chi connectivity index (χ4v) is 4.37. The lowest BCUT2D eigenvalue weighted by molar-refractivity contribution is 0.669. The van der Waals surface area contributed by atoms with Gasteiger partial charge in [0.2, 0.25) is 0 Å². The third-order valence-corrected chi connectivity index (χ3v) is 6.05. The summed E-state index contributed by atoms with van der Waals surface area (Å²) in [6, 6.07) is -6.79. The molecule has 0 radical (unpaired) electrons. The third-order valence-electron chi connectivity index (χ3n) is 6.05. The summed E-state index contributed by atoms with van der Waals surface area (Å²) in [7, 11) is 0. The summed E-state index contributed by atoms with van der Waals surface area (Å²) >= 11 is 0. The Balaban J connectivity index is 1.81. The number of furan rings is 1. The molecule has 1 heteroatoms. The molecule has 39 heavy (non-hydrogen) atoms. The lowest BCUT2D eigenvalue weighted by atomic mass is 9.92. The molecule has 0 unspecified atom stereocenters. The summed E-state index contributed by atoms with van der Waals surface area (Å²) in [4.78, 5) is 0. The zero-order chi connectivity index (χ0) is 43.4. The Morgan fingerprint density at radius 2 is 1.03 bits per heavy atom. The van der Waals surface area contributed by atoms with E-state index in [1.165, 1.54) is 24.3 Å². The molecule has 0 fully saturated rings. The van der Waals surface area contributed by atoms with Crippen molar-refractivity contribution in [2.24, 2.45) is 0 Å². The van der Waals surface area contributed by atoms with E-state index in [-0.39, 0.29) is 33.0 Å². The van der Waals surface area contributed by atoms with Gasteiger partial charge in [-0.2, -0.15) is 0 Å². The third kappa shape index (κ3) is 4.24. The molecule has 1 heterocycles. The van der Waals surface area contributed by atoms with Crippen LogP contribution in [0, 0.1) is 0 Å². The van der Waals surface area contributed by atoms with Gasteiger partial charge in [0.15, 0.2) is 0 Å². The number of hydrogen-bond acceptors (Lipinski definition) is 1. The highest BCUT2D eigenvalue weighted by atomic mass is 16.3. The van der Waals surface area contributed by atoms with E-state index in [0.29, 0.717) is 0 Å². The zero-order valence-electron chi connectivity index (χ0n) is 39.9. The van der Waals surface area contributed by atoms with Crippen molar-refractivity contribution in [1.82, 2.24) is 0 Å². The normalized spacial score (nSPS) is 18.3. The van der Waals surface area contributed by atoms with Crippen LogP contribution in [0.15, 0.2) is 162 Å². The summed E-state index contributed by atoms with van der Waals surface area (Å²) < 4.78 is 179. The van der Waals surface area contributed by atoms with Crippen LogP contribution in [0.2, 0.25) is 0 Å². The van der Waals surface area contributed by atoms with Crippen LogP contribution in [0.3, 0.4) is 0 Å². The van der Waals surface area contributed by atoms with Crippen molar-refractivity contribution in [3.63, 3.8) is 0 Å². The molecule has 0 amide bonds. The summed E-state index contributed by atoms with van der Waals surface area (Å²) in [6.45, 7) is 0. The molecule has 0 saturated heterocycles. The van der Waals surface area contributed by atoms with Gasteiger partial charge in [-0.05, 0) is 62.3 Å². The molecule has 7 rings (SSSR count). The molecule has 1 nitrogen and oxygen atoms in total. The Hall–Kier alpha value is -5.14. The maximum atomic E-state index is 9.30. The average Bonchev–Trinajstić information content (AvgIpc) is 3.62. The van der Waals surface area contributed by atoms with Crippen LogP contribution in [-0.4, -0.2) is 0 Å². The Labute approximate surface area is 256 Å². The smallest absolute Gasteiger partial charge is 0.136 e. The predicted octanol–water partition coefficient (Wildman–Crippen LogP) is 10.9. The fourth-order valence-electron chi connectivity index (χ4n) is 4.37. The lowest BCUT2D eigenvalue weighted by Gasteiger charge is -2.11. The summed E-state index contributed by atoms with van der Waals surface area (Å²) in [6.07, 6.45) is 0. The second-order valence-electron chi connectivity index (χ2n) is 8.25. The quantitative estimate of drug-likeness (QED) is 0.227. The number of benzene rings is 5. The second kappa shape index (κ2) is 9.96. The van der Waals surface area contributed by atoms with Gasteiger partial charge in [-0.25, -0.2) is 0 Å². The molecule has 0 aliphatic rings. The first-order valence-corrected chi connectivity index (χ1v) is 11.6. The molecule has 0 aliphatic heterocycles. The Morgan fingerprint density at radius 3 is 1.85 bits per heavy atom. The van der Waals surface area contributed by atoms with Crippen LogP contribution >= 0.6 is 0 Å². The van der Waals surface area contributed by atoms with E-state index in [0.717, 1.165) is 12.1 Å². The fraction of sp³-hybridized carbons (Fsp3) is 0. The molecule has 1 aromatic heterocycles. The van der Waals surface area contributed by atoms with E-state index < -0.39 is 154 Å². The number of fused-ring (bicyclic) bond motifs is 4. The van der Waals surface area contributed by atoms with E-state index in [1.807, 2.05) is 0 Å². The topological polar surface area (TPSA) is 13.1 Å². The zero-order valence-corrected chi connectivity index (χ0v) is 19.9. The first kappa shape index (κ1) is 10.2. The van der Waals surface area contributed by atoms with Gasteiger partial charge in [-0.1, -0.05) is 139 Å². The lowest BCUT2D eigenvalue weighted by Crippen LogP contribution is -1.85. The molecule has 184 valence electrons. The van der Waals surface area contributed by atoms with E-state index in [4.69, 9.17) is 27.7 Å². The van der Waals surface area contributed by atoms with Crippen molar-refractivity contribution in [3.8, 4) is 33.4 Å². The van der Waals surface area contributed by atoms with Crippen LogP contribution < -0.4 is 0 Å². The van der Waals surface area contributed by atoms with E-state index >= 15 is 0 Å². The maximum absolute atomic E-state index is 9.30. The molecule has 0 atom stereocenters. The van der Waals surface area contributed by atoms with E-state index in [2.05, 4.69) is 0 Å². The van der Waals surface area contributed by atoms with Gasteiger partial charge in [0.05, 0.1) is 27.4 Å². The van der Waals surface area contributed by atoms with Crippen molar-refractivity contribution >= 4 is 32.7 Å². The summed E-state index contributed by atoms with van der Waals surface area (Å²) in [5.41, 5.74) is -2.22. The number of para-hydroxylation sites is 1. The van der Waals surface area contributed by atoms with Crippen LogP contribution in [0.1, 0.15) is 27.4 Å². The van der Waals surface area contributed by atoms with Crippen LogP contribution in [0.4, 0.5) is 0 Å². The number of hydrogen-bond donors (Lipinski definition) is 0. The highest BCUT2D eigenvalue weighted by molar-refractivity contribution is 6.15. The molecule has 0 saturated carbocycles. The molecule has 6 aromatic carbocycles. The van der Waals surface area contributed by atoms with E-state index in [9.17, 15) is 4.11 Å². The number of rotatable bonds is 3. The van der Waals surface area contributed by atoms with Gasteiger partial charge >= 0.3 is 0 Å². The van der Waals surface area contributed by atoms with Crippen LogP contribution in [-0.2, 0) is 0 Å². The van der Waals surface area contributed by atoms with E-state index in [1.54, 1.807) is 0 Å². The van der Waals surface area contributed by atoms with Crippen LogP contribution in [0.25, 0.3) is 66.1 Å². The van der Waals surface area contributed by atoms with Gasteiger partial charge in [0.25, 0.3) is 0 Å². The average molecular weight is 519 g/mol. The Bertz CT molecular complexity index is 3080. The predicted molar refractivity (Wildman–Crippen MR) is 165 cm³/mol. The minimum atomic E-state index is -0.856. The van der Waals surface area contributed by atoms with Gasteiger partial charge in [0, 0.05) is 10.8 Å². The Kier molecular flexibility index (Phi) is 2.61. The molecule has 0 bridgehead atoms. The molecule has 0 N–H and O–H groups in total. The van der Waals surface area contributed by atoms with Crippen molar-refractivity contribution < 1.29 is 31.8 Å². The summed E-state index contributed by atoms with van der Waals surface area (Å²) in [5, 5.41) is -1.56. The van der Waals surface area contributed by atoms with Crippen molar-refractivity contribution in [3.05, 3.63) is 157 Å². The molecule has 0 spiro atoms. The van der Waals surface area contributed by atoms with Gasteiger partial charge in [0.1, 0.15) is 11.2 Å². The standard InChI is InChI=1S/C38H26O/c1-2-7-19-33(34-23-13-25-37-38(34)35-22-10-11-24-36(35)39-37)32-21-9-8-20-31(32)30(18-6-1)29-17-12-16-28(26-29)27-14-4-3-5-15-27/h1-26H/i1D,2D,3D,4D,5D,6D,7D,8D,9D,10D,11D,13D,14D,15D,20D,21D,22D,23D,24D,25D. The molecular weight excluding hydrogens is 472 g/mol. The second-order valence-corrected chi connectivity index (χ2v) is 8.25. The van der Waals surface area contributed by atoms with Gasteiger partial charge < -0.3 is 4.42 Å². The van der Waals surface area contributed by atoms with Crippen molar-refractivity contribution in [2.75, 3.05) is 0 Å². The summed E-state index contributed by atoms with van der Waals surface area (Å²) in [5.74, 6) is 0. The van der Waals surface area contributed by atoms with Crippen LogP contribution in [0.5, 0.6) is 0 Å². The maximum Gasteiger partial charge on any atom is 0.136 e. The van der Waals surface area contributed by atoms with Crippen molar-refractivity contribution in [2.45, 2.75) is 0 Å². The SMILES string of the molecule is [2H]c1cc(-c2cccc(-c3c([2H])c([2H])c([2H])c([2H])c3[2H])c2)c2c([2H])c([2H])c([2H])c([2H])c2c(-c2c([2H])c([2H])c([2H])c3oc4c([2H])c([2H])c([2H])c([2H])c4c23)cc([2H])c([2H])c1[2H]. The first-order chi connectivity index (χ1) is 27.6. The monoisotopic (exact) mass is 518 g/mol. The van der Waals surface area contributed by atoms with Gasteiger partial charge in [-0.3, -0.25) is 0 Å². The minimum absolute atomic E-state index is 0.0291. The minimum Gasteiger partial charge on any atom is -0.456 e. The molecule has 0 aliphatic carbocycles. The largest absolute Gasteiger partial charge is 0.456 e. The Morgan fingerprint density at radius 1 is 0.410 bits per heavy atom. The van der Waals surface area contributed by atoms with Gasteiger partial charge in [-0.15, -0.1) is 0 Å². The first-order valence-electron chi connectivity index (χ1n) is 21.6. The highest BCUT2D eigenvalue weighted by Crippen LogP contribution is 2.40.